The minimum absolute atomic E-state index is 0.480. The van der Waals surface area contributed by atoms with Crippen LogP contribution in [0.25, 0.3) is 0 Å². The maximum absolute atomic E-state index is 8.93. The quantitative estimate of drug-likeness (QED) is 0.445. The van der Waals surface area contributed by atoms with E-state index in [1.165, 1.54) is 0 Å². The predicted octanol–water partition coefficient (Wildman–Crippen LogP) is 5.26. The van der Waals surface area contributed by atoms with Crippen LogP contribution in [-0.4, -0.2) is 14.5 Å². The molecule has 0 radical (unpaired) electrons. The fraction of sp³-hybridized carbons (Fsp3) is 0.0870. The van der Waals surface area contributed by atoms with Crippen LogP contribution in [0.1, 0.15) is 16.8 Å². The first-order valence-electron chi connectivity index (χ1n) is 9.32. The molecule has 0 atom stereocenters. The lowest BCUT2D eigenvalue weighted by molar-refractivity contribution is 0.463. The maximum Gasteiger partial charge on any atom is 0.221 e. The third-order valence-electron chi connectivity index (χ3n) is 4.43. The van der Waals surface area contributed by atoms with Gasteiger partial charge < -0.3 is 14.6 Å². The largest absolute Gasteiger partial charge is 0.439 e. The molecule has 0 fully saturated rings. The van der Waals surface area contributed by atoms with Gasteiger partial charge in [0.15, 0.2) is 0 Å². The van der Waals surface area contributed by atoms with E-state index in [0.717, 1.165) is 11.3 Å². The summed E-state index contributed by atoms with van der Waals surface area (Å²) in [6.07, 6.45) is 3.62. The molecule has 0 amide bonds. The molecular formula is C23H18ClN5O. The third-order valence-corrected chi connectivity index (χ3v) is 4.66. The molecule has 2 aromatic carbocycles. The first-order chi connectivity index (χ1) is 14.7. The molecule has 0 aliphatic heterocycles. The molecule has 0 saturated carbocycles. The van der Waals surface area contributed by atoms with Gasteiger partial charge >= 0.3 is 0 Å². The lowest BCUT2D eigenvalue weighted by atomic mass is 10.1. The van der Waals surface area contributed by atoms with Gasteiger partial charge in [-0.3, -0.25) is 0 Å². The Kier molecular flexibility index (Phi) is 5.93. The standard InChI is InChI=1S/C23H18ClN5O/c24-19-3-1-4-21(11-19)30-23-6-2-5-22(28-23)27-14-20-13-26-16-29(20)15-18-9-7-17(12-25)8-10-18/h1-11,13,16H,14-15H2,(H,27,28). The Bertz CT molecular complexity index is 1180. The fourth-order valence-electron chi connectivity index (χ4n) is 2.92. The Labute approximate surface area is 179 Å². The number of imidazole rings is 1. The number of halogens is 1. The van der Waals surface area contributed by atoms with Crippen LogP contribution in [0.3, 0.4) is 0 Å². The molecule has 6 nitrogen and oxygen atoms in total. The van der Waals surface area contributed by atoms with Crippen LogP contribution < -0.4 is 10.1 Å². The number of hydrogen-bond acceptors (Lipinski definition) is 5. The highest BCUT2D eigenvalue weighted by Gasteiger charge is 2.06. The number of pyridine rings is 1. The van der Waals surface area contributed by atoms with E-state index in [1.807, 2.05) is 54.7 Å². The number of rotatable bonds is 7. The molecule has 4 rings (SSSR count). The van der Waals surface area contributed by atoms with Crippen LogP contribution in [-0.2, 0) is 13.1 Å². The van der Waals surface area contributed by atoms with Gasteiger partial charge in [0, 0.05) is 23.8 Å². The molecule has 7 heteroatoms. The number of ether oxygens (including phenoxy) is 1. The van der Waals surface area contributed by atoms with Crippen molar-refractivity contribution in [1.29, 1.82) is 5.26 Å². The van der Waals surface area contributed by atoms with Gasteiger partial charge in [0.25, 0.3) is 0 Å². The van der Waals surface area contributed by atoms with E-state index >= 15 is 0 Å². The summed E-state index contributed by atoms with van der Waals surface area (Å²) in [7, 11) is 0. The summed E-state index contributed by atoms with van der Waals surface area (Å²) in [5.74, 6) is 1.81. The topological polar surface area (TPSA) is 75.8 Å². The number of aromatic nitrogens is 3. The zero-order valence-corrected chi connectivity index (χ0v) is 16.8. The summed E-state index contributed by atoms with van der Waals surface area (Å²) in [5.41, 5.74) is 2.77. The van der Waals surface area contributed by atoms with Gasteiger partial charge in [0.05, 0.1) is 30.2 Å². The van der Waals surface area contributed by atoms with Gasteiger partial charge in [-0.1, -0.05) is 35.9 Å². The number of benzene rings is 2. The van der Waals surface area contributed by atoms with Crippen molar-refractivity contribution in [3.63, 3.8) is 0 Å². The van der Waals surface area contributed by atoms with Gasteiger partial charge in [-0.15, -0.1) is 0 Å². The molecular weight excluding hydrogens is 398 g/mol. The highest BCUT2D eigenvalue weighted by molar-refractivity contribution is 6.30. The number of nitriles is 1. The molecule has 0 saturated heterocycles. The molecule has 0 bridgehead atoms. The molecule has 2 heterocycles. The first-order valence-corrected chi connectivity index (χ1v) is 9.70. The van der Waals surface area contributed by atoms with Gasteiger partial charge in [-0.2, -0.15) is 10.2 Å². The van der Waals surface area contributed by atoms with Crippen molar-refractivity contribution in [1.82, 2.24) is 14.5 Å². The Morgan fingerprint density at radius 1 is 1.07 bits per heavy atom. The normalized spacial score (nSPS) is 10.4. The second kappa shape index (κ2) is 9.12. The van der Waals surface area contributed by atoms with E-state index in [4.69, 9.17) is 21.6 Å². The van der Waals surface area contributed by atoms with Gasteiger partial charge in [-0.25, -0.2) is 4.98 Å². The van der Waals surface area contributed by atoms with Gasteiger partial charge in [0.2, 0.25) is 5.88 Å². The van der Waals surface area contributed by atoms with E-state index in [1.54, 1.807) is 24.5 Å². The van der Waals surface area contributed by atoms with Crippen LogP contribution in [0.4, 0.5) is 5.82 Å². The Morgan fingerprint density at radius 3 is 2.70 bits per heavy atom. The van der Waals surface area contributed by atoms with Crippen LogP contribution in [0, 0.1) is 11.3 Å². The SMILES string of the molecule is N#Cc1ccc(Cn2cncc2CNc2cccc(Oc3cccc(Cl)c3)n2)cc1. The van der Waals surface area contributed by atoms with Crippen molar-refractivity contribution in [2.45, 2.75) is 13.1 Å². The van der Waals surface area contributed by atoms with Crippen LogP contribution in [0.5, 0.6) is 11.6 Å². The molecule has 4 aromatic rings. The van der Waals surface area contributed by atoms with Crippen LogP contribution >= 0.6 is 11.6 Å². The number of nitrogens with zero attached hydrogens (tertiary/aromatic N) is 4. The highest BCUT2D eigenvalue weighted by Crippen LogP contribution is 2.23. The Balaban J connectivity index is 1.40. The summed E-state index contributed by atoms with van der Waals surface area (Å²) in [4.78, 5) is 8.75. The molecule has 148 valence electrons. The van der Waals surface area contributed by atoms with Crippen LogP contribution in [0.2, 0.25) is 5.02 Å². The number of nitrogens with one attached hydrogen (secondary N) is 1. The average Bonchev–Trinajstić information content (AvgIpc) is 3.20. The van der Waals surface area contributed by atoms with E-state index < -0.39 is 0 Å². The maximum atomic E-state index is 8.93. The van der Waals surface area contributed by atoms with E-state index in [9.17, 15) is 0 Å². The fourth-order valence-corrected chi connectivity index (χ4v) is 3.10. The lowest BCUT2D eigenvalue weighted by Gasteiger charge is -2.11. The van der Waals surface area contributed by atoms with Gasteiger partial charge in [0.1, 0.15) is 11.6 Å². The summed E-state index contributed by atoms with van der Waals surface area (Å²) < 4.78 is 7.84. The van der Waals surface area contributed by atoms with Crippen molar-refractivity contribution in [3.8, 4) is 17.7 Å². The van der Waals surface area contributed by atoms with Crippen molar-refractivity contribution < 1.29 is 4.74 Å². The lowest BCUT2D eigenvalue weighted by Crippen LogP contribution is -2.09. The molecule has 1 N–H and O–H groups in total. The minimum Gasteiger partial charge on any atom is -0.439 e. The monoisotopic (exact) mass is 415 g/mol. The van der Waals surface area contributed by atoms with Crippen molar-refractivity contribution in [3.05, 3.63) is 101 Å². The molecule has 0 aliphatic carbocycles. The van der Waals surface area contributed by atoms with E-state index in [-0.39, 0.29) is 0 Å². The molecule has 2 aromatic heterocycles. The first kappa shape index (κ1) is 19.5. The summed E-state index contributed by atoms with van der Waals surface area (Å²) >= 11 is 6.00. The molecule has 0 unspecified atom stereocenters. The van der Waals surface area contributed by atoms with Gasteiger partial charge in [-0.05, 0) is 42.0 Å². The van der Waals surface area contributed by atoms with E-state index in [0.29, 0.717) is 41.1 Å². The average molecular weight is 416 g/mol. The summed E-state index contributed by atoms with van der Waals surface area (Å²) in [5, 5.41) is 12.8. The smallest absolute Gasteiger partial charge is 0.221 e. The summed E-state index contributed by atoms with van der Waals surface area (Å²) in [6.45, 7) is 1.23. The molecule has 30 heavy (non-hydrogen) atoms. The van der Waals surface area contributed by atoms with Crippen molar-refractivity contribution in [2.75, 3.05) is 5.32 Å². The summed E-state index contributed by atoms with van der Waals surface area (Å²) in [6, 6.07) is 22.4. The zero-order chi connectivity index (χ0) is 20.8. The number of hydrogen-bond donors (Lipinski definition) is 1. The highest BCUT2D eigenvalue weighted by atomic mass is 35.5. The van der Waals surface area contributed by atoms with Crippen LogP contribution in [0.15, 0.2) is 79.3 Å². The van der Waals surface area contributed by atoms with Crippen molar-refractivity contribution >= 4 is 17.4 Å². The third kappa shape index (κ3) is 4.96. The Hall–Kier alpha value is -3.82. The molecule has 0 spiro atoms. The zero-order valence-electron chi connectivity index (χ0n) is 16.0. The number of anilines is 1. The second-order valence-corrected chi connectivity index (χ2v) is 7.03. The van der Waals surface area contributed by atoms with Crippen molar-refractivity contribution in [2.24, 2.45) is 0 Å². The second-order valence-electron chi connectivity index (χ2n) is 6.60. The predicted molar refractivity (Wildman–Crippen MR) is 116 cm³/mol. The molecule has 0 aliphatic rings. The minimum atomic E-state index is 0.480. The van der Waals surface area contributed by atoms with E-state index in [2.05, 4.69) is 25.9 Å². The Morgan fingerprint density at radius 2 is 1.90 bits per heavy atom.